The van der Waals surface area contributed by atoms with Crippen molar-refractivity contribution in [3.8, 4) is 0 Å². The minimum atomic E-state index is -0.669. The Morgan fingerprint density at radius 1 is 1.19 bits per heavy atom. The van der Waals surface area contributed by atoms with Gasteiger partial charge in [-0.05, 0) is 43.7 Å². The normalized spacial score (nSPS) is 12.2. The number of aromatic nitrogens is 1. The number of para-hydroxylation sites is 1. The number of rotatable bonds is 2. The summed E-state index contributed by atoms with van der Waals surface area (Å²) in [7, 11) is 0. The molecule has 0 saturated carbocycles. The second-order valence-electron chi connectivity index (χ2n) is 6.00. The SMILES string of the molecule is CCn1c(=NC(=O)c2cc3ccccc3oc2=O)sc2cc(C)ccc21. The Kier molecular flexibility index (Phi) is 4.05. The summed E-state index contributed by atoms with van der Waals surface area (Å²) in [6.45, 7) is 4.71. The Labute approximate surface area is 152 Å². The Hall–Kier alpha value is -2.99. The number of fused-ring (bicyclic) bond motifs is 2. The van der Waals surface area contributed by atoms with Crippen molar-refractivity contribution in [2.45, 2.75) is 20.4 Å². The van der Waals surface area contributed by atoms with Gasteiger partial charge in [0.05, 0.1) is 10.2 Å². The average molecular weight is 364 g/mol. The van der Waals surface area contributed by atoms with Gasteiger partial charge in [0.2, 0.25) is 0 Å². The van der Waals surface area contributed by atoms with Crippen LogP contribution in [-0.2, 0) is 6.54 Å². The first-order chi connectivity index (χ1) is 12.6. The lowest BCUT2D eigenvalue weighted by Crippen LogP contribution is -2.19. The van der Waals surface area contributed by atoms with Crippen LogP contribution in [0.1, 0.15) is 22.8 Å². The van der Waals surface area contributed by atoms with Gasteiger partial charge in [0.25, 0.3) is 5.91 Å². The number of amides is 1. The maximum atomic E-state index is 12.7. The van der Waals surface area contributed by atoms with Crippen LogP contribution in [0.2, 0.25) is 0 Å². The fourth-order valence-electron chi connectivity index (χ4n) is 2.93. The lowest BCUT2D eigenvalue weighted by atomic mass is 10.2. The van der Waals surface area contributed by atoms with E-state index in [0.717, 1.165) is 15.8 Å². The molecule has 0 N–H and O–H groups in total. The van der Waals surface area contributed by atoms with Crippen molar-refractivity contribution in [3.63, 3.8) is 0 Å². The van der Waals surface area contributed by atoms with E-state index >= 15 is 0 Å². The molecule has 0 atom stereocenters. The van der Waals surface area contributed by atoms with E-state index in [1.807, 2.05) is 36.6 Å². The summed E-state index contributed by atoms with van der Waals surface area (Å²) in [5, 5.41) is 0.695. The molecule has 0 spiro atoms. The van der Waals surface area contributed by atoms with Crippen molar-refractivity contribution in [1.82, 2.24) is 4.57 Å². The molecule has 0 aliphatic carbocycles. The third-order valence-electron chi connectivity index (χ3n) is 4.22. The molecule has 26 heavy (non-hydrogen) atoms. The van der Waals surface area contributed by atoms with Crippen molar-refractivity contribution in [1.29, 1.82) is 0 Å². The van der Waals surface area contributed by atoms with Crippen LogP contribution in [0.5, 0.6) is 0 Å². The molecule has 0 aliphatic rings. The third-order valence-corrected chi connectivity index (χ3v) is 5.26. The van der Waals surface area contributed by atoms with Crippen LogP contribution in [0.25, 0.3) is 21.2 Å². The minimum Gasteiger partial charge on any atom is -0.422 e. The highest BCUT2D eigenvalue weighted by Gasteiger charge is 2.14. The standard InChI is InChI=1S/C20H16N2O3S/c1-3-22-15-9-8-12(2)10-17(15)26-20(22)21-18(23)14-11-13-6-4-5-7-16(13)25-19(14)24/h4-11H,3H2,1-2H3. The minimum absolute atomic E-state index is 0.0556. The molecule has 0 unspecified atom stereocenters. The summed E-state index contributed by atoms with van der Waals surface area (Å²) in [5.41, 5.74) is 1.91. The van der Waals surface area contributed by atoms with Crippen LogP contribution >= 0.6 is 11.3 Å². The third kappa shape index (κ3) is 2.78. The number of nitrogens with zero attached hydrogens (tertiary/aromatic N) is 2. The highest BCUT2D eigenvalue weighted by molar-refractivity contribution is 7.16. The van der Waals surface area contributed by atoms with Gasteiger partial charge >= 0.3 is 5.63 Å². The van der Waals surface area contributed by atoms with Gasteiger partial charge in [-0.2, -0.15) is 4.99 Å². The van der Waals surface area contributed by atoms with Crippen LogP contribution in [0, 0.1) is 6.92 Å². The number of benzene rings is 2. The molecule has 4 aromatic rings. The average Bonchev–Trinajstić information content (AvgIpc) is 2.96. The Bertz CT molecular complexity index is 1280. The van der Waals surface area contributed by atoms with E-state index in [4.69, 9.17) is 4.42 Å². The molecule has 2 heterocycles. The van der Waals surface area contributed by atoms with Gasteiger partial charge in [-0.3, -0.25) is 4.79 Å². The largest absolute Gasteiger partial charge is 0.422 e. The van der Waals surface area contributed by atoms with E-state index in [-0.39, 0.29) is 5.56 Å². The fourth-order valence-corrected chi connectivity index (χ4v) is 4.12. The fraction of sp³-hybridized carbons (Fsp3) is 0.150. The molecule has 0 bridgehead atoms. The molecular weight excluding hydrogens is 348 g/mol. The van der Waals surface area contributed by atoms with Crippen LogP contribution in [0.3, 0.4) is 0 Å². The van der Waals surface area contributed by atoms with Crippen molar-refractivity contribution in [2.75, 3.05) is 0 Å². The summed E-state index contributed by atoms with van der Waals surface area (Å²) in [6.07, 6.45) is 0. The van der Waals surface area contributed by atoms with Gasteiger partial charge in [-0.15, -0.1) is 0 Å². The van der Waals surface area contributed by atoms with Gasteiger partial charge in [0.15, 0.2) is 4.80 Å². The number of aryl methyl sites for hydroxylation is 2. The monoisotopic (exact) mass is 364 g/mol. The number of carbonyl (C=O) groups is 1. The molecule has 5 nitrogen and oxygen atoms in total. The summed E-state index contributed by atoms with van der Waals surface area (Å²) in [4.78, 5) is 29.6. The molecule has 1 amide bonds. The van der Waals surface area contributed by atoms with Crippen molar-refractivity contribution in [2.24, 2.45) is 4.99 Å². The van der Waals surface area contributed by atoms with E-state index < -0.39 is 11.5 Å². The van der Waals surface area contributed by atoms with Gasteiger partial charge in [-0.1, -0.05) is 35.6 Å². The highest BCUT2D eigenvalue weighted by Crippen LogP contribution is 2.19. The number of hydrogen-bond donors (Lipinski definition) is 0. The smallest absolute Gasteiger partial charge is 0.349 e. The quantitative estimate of drug-likeness (QED) is 0.507. The second-order valence-corrected chi connectivity index (χ2v) is 7.01. The molecule has 0 fully saturated rings. The van der Waals surface area contributed by atoms with E-state index in [0.29, 0.717) is 22.3 Å². The summed E-state index contributed by atoms with van der Waals surface area (Å²) in [5.74, 6) is -0.588. The van der Waals surface area contributed by atoms with E-state index in [1.54, 1.807) is 24.3 Å². The summed E-state index contributed by atoms with van der Waals surface area (Å²) >= 11 is 1.44. The zero-order valence-electron chi connectivity index (χ0n) is 14.4. The molecule has 130 valence electrons. The highest BCUT2D eigenvalue weighted by atomic mass is 32.1. The van der Waals surface area contributed by atoms with Crippen LogP contribution in [-0.4, -0.2) is 10.5 Å². The second kappa shape index (κ2) is 6.38. The molecule has 2 aromatic heterocycles. The molecule has 2 aromatic carbocycles. The predicted molar refractivity (Wildman–Crippen MR) is 103 cm³/mol. The van der Waals surface area contributed by atoms with E-state index in [9.17, 15) is 9.59 Å². The number of hydrogen-bond acceptors (Lipinski definition) is 4. The molecule has 4 rings (SSSR count). The van der Waals surface area contributed by atoms with E-state index in [2.05, 4.69) is 11.1 Å². The van der Waals surface area contributed by atoms with E-state index in [1.165, 1.54) is 11.3 Å². The molecule has 0 radical (unpaired) electrons. The number of carbonyl (C=O) groups excluding carboxylic acids is 1. The maximum Gasteiger partial charge on any atom is 0.349 e. The van der Waals surface area contributed by atoms with Crippen molar-refractivity contribution in [3.05, 3.63) is 74.9 Å². The van der Waals surface area contributed by atoms with Crippen LogP contribution < -0.4 is 10.4 Å². The van der Waals surface area contributed by atoms with Crippen LogP contribution in [0.15, 0.2) is 62.7 Å². The topological polar surface area (TPSA) is 64.6 Å². The Balaban J connectivity index is 1.89. The lowest BCUT2D eigenvalue weighted by Gasteiger charge is -2.01. The summed E-state index contributed by atoms with van der Waals surface area (Å²) in [6, 6.07) is 14.8. The first-order valence-corrected chi connectivity index (χ1v) is 9.10. The first kappa shape index (κ1) is 16.5. The number of thiazole rings is 1. The van der Waals surface area contributed by atoms with Gasteiger partial charge in [-0.25, -0.2) is 4.79 Å². The Morgan fingerprint density at radius 2 is 2.00 bits per heavy atom. The Morgan fingerprint density at radius 3 is 2.81 bits per heavy atom. The zero-order valence-corrected chi connectivity index (χ0v) is 15.2. The van der Waals surface area contributed by atoms with Crippen molar-refractivity contribution < 1.29 is 9.21 Å². The molecule has 0 aliphatic heterocycles. The van der Waals surface area contributed by atoms with Gasteiger partial charge in [0.1, 0.15) is 11.1 Å². The maximum absolute atomic E-state index is 12.7. The van der Waals surface area contributed by atoms with Gasteiger partial charge < -0.3 is 8.98 Å². The molecule has 0 saturated heterocycles. The van der Waals surface area contributed by atoms with Gasteiger partial charge in [0, 0.05) is 11.9 Å². The zero-order chi connectivity index (χ0) is 18.3. The molecule has 6 heteroatoms. The predicted octanol–water partition coefficient (Wildman–Crippen LogP) is 3.88. The summed E-state index contributed by atoms with van der Waals surface area (Å²) < 4.78 is 8.27. The lowest BCUT2D eigenvalue weighted by molar-refractivity contribution is 0.0994. The molecular formula is C20H16N2O3S. The van der Waals surface area contributed by atoms with Crippen molar-refractivity contribution >= 4 is 38.4 Å². The first-order valence-electron chi connectivity index (χ1n) is 8.29. The van der Waals surface area contributed by atoms with Crippen LogP contribution in [0.4, 0.5) is 0 Å².